The molecule has 6 heteroatoms. The van der Waals surface area contributed by atoms with E-state index in [1.165, 1.54) is 12.0 Å². The molecular weight excluding hydrogens is 274 g/mol. The van der Waals surface area contributed by atoms with Crippen LogP contribution in [0.1, 0.15) is 38.5 Å². The highest BCUT2D eigenvalue weighted by Gasteiger charge is 2.39. The van der Waals surface area contributed by atoms with Crippen LogP contribution in [0, 0.1) is 0 Å². The van der Waals surface area contributed by atoms with Crippen LogP contribution in [-0.4, -0.2) is 72.2 Å². The van der Waals surface area contributed by atoms with Gasteiger partial charge in [-0.1, -0.05) is 19.3 Å². The van der Waals surface area contributed by atoms with Gasteiger partial charge in [-0.2, -0.15) is 0 Å². The van der Waals surface area contributed by atoms with Crippen LogP contribution in [0.2, 0.25) is 0 Å². The summed E-state index contributed by atoms with van der Waals surface area (Å²) in [6.45, 7) is 0.627. The fraction of sp³-hybridized carbons (Fsp3) is 0.933. The van der Waals surface area contributed by atoms with Gasteiger partial charge in [-0.05, 0) is 12.8 Å². The number of methoxy groups -OCH3 is 1. The Kier molecular flexibility index (Phi) is 5.60. The lowest BCUT2D eigenvalue weighted by Gasteiger charge is -2.40. The zero-order valence-electron chi connectivity index (χ0n) is 13.0. The largest absolute Gasteiger partial charge is 0.389 e. The summed E-state index contributed by atoms with van der Waals surface area (Å²) in [4.78, 5) is 13.9. The van der Waals surface area contributed by atoms with Gasteiger partial charge in [0, 0.05) is 14.2 Å². The van der Waals surface area contributed by atoms with Gasteiger partial charge in [-0.15, -0.1) is 0 Å². The molecule has 6 nitrogen and oxygen atoms in total. The molecule has 2 rings (SSSR count). The van der Waals surface area contributed by atoms with Crippen molar-refractivity contribution in [2.75, 3.05) is 27.4 Å². The molecule has 2 aliphatic rings. The highest BCUT2D eigenvalue weighted by Crippen LogP contribution is 2.31. The number of rotatable bonds is 4. The Bertz CT molecular complexity index is 356. The molecule has 1 saturated heterocycles. The molecule has 0 unspecified atom stereocenters. The maximum Gasteiger partial charge on any atom is 0.225 e. The van der Waals surface area contributed by atoms with E-state index in [9.17, 15) is 15.0 Å². The monoisotopic (exact) mass is 301 g/mol. The quantitative estimate of drug-likeness (QED) is 0.781. The normalized spacial score (nSPS) is 32.7. The van der Waals surface area contributed by atoms with Gasteiger partial charge in [0.2, 0.25) is 5.91 Å². The van der Waals surface area contributed by atoms with Crippen LogP contribution in [0.15, 0.2) is 0 Å². The summed E-state index contributed by atoms with van der Waals surface area (Å²) in [5, 5.41) is 20.7. The Morgan fingerprint density at radius 3 is 2.62 bits per heavy atom. The molecule has 1 heterocycles. The van der Waals surface area contributed by atoms with Gasteiger partial charge in [0.05, 0.1) is 31.3 Å². The molecule has 2 N–H and O–H groups in total. The minimum atomic E-state index is -0.884. The van der Waals surface area contributed by atoms with Crippen LogP contribution in [0.25, 0.3) is 0 Å². The van der Waals surface area contributed by atoms with Crippen LogP contribution >= 0.6 is 0 Å². The molecule has 0 aromatic heterocycles. The van der Waals surface area contributed by atoms with Crippen molar-refractivity contribution in [3.8, 4) is 0 Å². The van der Waals surface area contributed by atoms with Gasteiger partial charge >= 0.3 is 0 Å². The first-order valence-electron chi connectivity index (χ1n) is 7.73. The van der Waals surface area contributed by atoms with Gasteiger partial charge in [-0.3, -0.25) is 4.79 Å². The highest BCUT2D eigenvalue weighted by molar-refractivity contribution is 5.77. The summed E-state index contributed by atoms with van der Waals surface area (Å²) in [6, 6.07) is -0.427. The topological polar surface area (TPSA) is 79.2 Å². The number of aliphatic hydroxyl groups excluding tert-OH is 1. The zero-order chi connectivity index (χ0) is 15.5. The number of carbonyl (C=O) groups is 1. The number of carbonyl (C=O) groups excluding carboxylic acids is 1. The van der Waals surface area contributed by atoms with E-state index in [0.29, 0.717) is 26.1 Å². The second-order valence-corrected chi connectivity index (χ2v) is 6.34. The summed E-state index contributed by atoms with van der Waals surface area (Å²) in [6.07, 6.45) is 3.34. The van der Waals surface area contributed by atoms with Crippen molar-refractivity contribution in [3.05, 3.63) is 0 Å². The van der Waals surface area contributed by atoms with Crippen LogP contribution in [-0.2, 0) is 14.3 Å². The third-order valence-corrected chi connectivity index (χ3v) is 4.80. The molecular formula is C15H27NO5. The first-order chi connectivity index (χ1) is 9.97. The van der Waals surface area contributed by atoms with Gasteiger partial charge in [0.25, 0.3) is 0 Å². The van der Waals surface area contributed by atoms with E-state index in [4.69, 9.17) is 9.47 Å². The van der Waals surface area contributed by atoms with Crippen LogP contribution in [0.4, 0.5) is 0 Å². The summed E-state index contributed by atoms with van der Waals surface area (Å²) >= 11 is 0. The zero-order valence-corrected chi connectivity index (χ0v) is 13.0. The van der Waals surface area contributed by atoms with Crippen molar-refractivity contribution in [2.24, 2.45) is 0 Å². The Hall–Kier alpha value is -0.690. The number of hydrogen-bond donors (Lipinski definition) is 2. The van der Waals surface area contributed by atoms with E-state index in [0.717, 1.165) is 19.3 Å². The Morgan fingerprint density at radius 2 is 2.00 bits per heavy atom. The number of nitrogens with zero attached hydrogens (tertiary/aromatic N) is 1. The Balaban J connectivity index is 1.95. The van der Waals surface area contributed by atoms with Crippen molar-refractivity contribution in [1.29, 1.82) is 0 Å². The lowest BCUT2D eigenvalue weighted by Crippen LogP contribution is -2.57. The minimum absolute atomic E-state index is 0.115. The summed E-state index contributed by atoms with van der Waals surface area (Å²) < 4.78 is 10.6. The molecule has 1 amide bonds. The van der Waals surface area contributed by atoms with E-state index >= 15 is 0 Å². The fourth-order valence-electron chi connectivity index (χ4n) is 3.28. The molecule has 21 heavy (non-hydrogen) atoms. The fourth-order valence-corrected chi connectivity index (χ4v) is 3.28. The smallest absolute Gasteiger partial charge is 0.225 e. The average Bonchev–Trinajstić information content (AvgIpc) is 2.47. The van der Waals surface area contributed by atoms with E-state index in [2.05, 4.69) is 0 Å². The second kappa shape index (κ2) is 7.05. The Morgan fingerprint density at radius 1 is 1.33 bits per heavy atom. The summed E-state index contributed by atoms with van der Waals surface area (Å²) in [5.74, 6) is -0.149. The number of hydrogen-bond acceptors (Lipinski definition) is 5. The molecule has 122 valence electrons. The SMILES string of the molecule is CO[C@@H]1COC[C@@H](N(C)C(=O)CC2(O)CCCCC2)[C@@H]1O. The molecule has 0 spiro atoms. The molecule has 0 radical (unpaired) electrons. The third kappa shape index (κ3) is 3.94. The number of amides is 1. The van der Waals surface area contributed by atoms with Crippen LogP contribution in [0.3, 0.4) is 0 Å². The number of aliphatic hydroxyl groups is 2. The lowest BCUT2D eigenvalue weighted by atomic mass is 9.82. The molecule has 1 aliphatic carbocycles. The molecule has 2 fully saturated rings. The van der Waals surface area contributed by atoms with Crippen molar-refractivity contribution in [1.82, 2.24) is 4.90 Å². The van der Waals surface area contributed by atoms with Gasteiger partial charge in [0.1, 0.15) is 12.2 Å². The maximum absolute atomic E-state index is 12.4. The summed E-state index contributed by atoms with van der Waals surface area (Å²) in [5.41, 5.74) is -0.884. The van der Waals surface area contributed by atoms with E-state index in [1.807, 2.05) is 0 Å². The second-order valence-electron chi connectivity index (χ2n) is 6.34. The maximum atomic E-state index is 12.4. The van der Waals surface area contributed by atoms with Gasteiger partial charge in [-0.25, -0.2) is 0 Å². The minimum Gasteiger partial charge on any atom is -0.389 e. The predicted octanol–water partition coefficient (Wildman–Crippen LogP) is 0.305. The first-order valence-corrected chi connectivity index (χ1v) is 7.73. The lowest BCUT2D eigenvalue weighted by molar-refractivity contribution is -0.162. The predicted molar refractivity (Wildman–Crippen MR) is 76.8 cm³/mol. The highest BCUT2D eigenvalue weighted by atomic mass is 16.5. The van der Waals surface area contributed by atoms with Gasteiger partial charge < -0.3 is 24.6 Å². The number of likely N-dealkylation sites (N-methyl/N-ethyl adjacent to an activating group) is 1. The molecule has 1 aliphatic heterocycles. The van der Waals surface area contributed by atoms with Crippen molar-refractivity contribution in [2.45, 2.75) is 62.4 Å². The molecule has 3 atom stereocenters. The van der Waals surface area contributed by atoms with Crippen LogP contribution < -0.4 is 0 Å². The van der Waals surface area contributed by atoms with Gasteiger partial charge in [0.15, 0.2) is 0 Å². The standard InChI is InChI=1S/C15H27NO5/c1-16(11-9-21-10-12(20-2)14(11)18)13(17)8-15(19)6-4-3-5-7-15/h11-12,14,18-19H,3-10H2,1-2H3/t11-,12-,14+/m1/s1. The van der Waals surface area contributed by atoms with E-state index in [-0.39, 0.29) is 12.3 Å². The van der Waals surface area contributed by atoms with Crippen molar-refractivity contribution in [3.63, 3.8) is 0 Å². The Labute approximate surface area is 126 Å². The molecule has 0 bridgehead atoms. The third-order valence-electron chi connectivity index (χ3n) is 4.80. The van der Waals surface area contributed by atoms with Crippen LogP contribution in [0.5, 0.6) is 0 Å². The van der Waals surface area contributed by atoms with Crippen molar-refractivity contribution < 1.29 is 24.5 Å². The average molecular weight is 301 g/mol. The van der Waals surface area contributed by atoms with Crippen molar-refractivity contribution >= 4 is 5.91 Å². The molecule has 0 aromatic rings. The number of ether oxygens (including phenoxy) is 2. The summed E-state index contributed by atoms with van der Waals surface area (Å²) in [7, 11) is 3.18. The molecule has 1 saturated carbocycles. The van der Waals surface area contributed by atoms with E-state index < -0.39 is 23.9 Å². The first kappa shape index (κ1) is 16.7. The molecule has 0 aromatic carbocycles. The van der Waals surface area contributed by atoms with E-state index in [1.54, 1.807) is 7.05 Å².